The van der Waals surface area contributed by atoms with Gasteiger partial charge in [-0.15, -0.1) is 0 Å². The van der Waals surface area contributed by atoms with Gasteiger partial charge in [0, 0.05) is 6.54 Å². The van der Waals surface area contributed by atoms with Gasteiger partial charge >= 0.3 is 0 Å². The van der Waals surface area contributed by atoms with Gasteiger partial charge in [0.2, 0.25) is 0 Å². The smallest absolute Gasteiger partial charge is 0.000263 e. The normalized spacial score (nSPS) is 13.6. The lowest BCUT2D eigenvalue weighted by atomic mass is 9.80. The van der Waals surface area contributed by atoms with Crippen LogP contribution in [0, 0.1) is 16.7 Å². The van der Waals surface area contributed by atoms with Crippen molar-refractivity contribution in [1.29, 1.82) is 0 Å². The number of rotatable bonds is 6. The number of nitrogens with one attached hydrogen (secondary N) is 1. The maximum Gasteiger partial charge on any atom is 0.000263 e. The van der Waals surface area contributed by atoms with Crippen LogP contribution in [-0.4, -0.2) is 13.1 Å². The van der Waals surface area contributed by atoms with E-state index in [9.17, 15) is 0 Å². The molecule has 0 radical (unpaired) electrons. The number of hydrogen-bond acceptors (Lipinski definition) is 1. The fourth-order valence-electron chi connectivity index (χ4n) is 1.50. The first-order valence-corrected chi connectivity index (χ1v) is 6.33. The Balaban J connectivity index is 3.77. The van der Waals surface area contributed by atoms with Gasteiger partial charge in [-0.2, -0.15) is 0 Å². The Bertz CT molecular complexity index is 163. The maximum atomic E-state index is 3.56. The molecule has 0 fully saturated rings. The van der Waals surface area contributed by atoms with E-state index >= 15 is 0 Å². The standard InChI is InChI=1S/C14H31N/c1-12(2)10-15-11-14(6,7)9-8-13(3,4)5/h12,15H,8-11H2,1-7H3. The molecule has 1 heteroatoms. The third-order valence-electron chi connectivity index (χ3n) is 2.71. The lowest BCUT2D eigenvalue weighted by molar-refractivity contribution is 0.245. The van der Waals surface area contributed by atoms with E-state index in [1.165, 1.54) is 12.8 Å². The SMILES string of the molecule is CC(C)CNCC(C)(C)CCC(C)(C)C. The van der Waals surface area contributed by atoms with Crippen molar-refractivity contribution in [2.75, 3.05) is 13.1 Å². The average molecular weight is 213 g/mol. The highest BCUT2D eigenvalue weighted by Crippen LogP contribution is 2.29. The Labute approximate surface area is 97.0 Å². The van der Waals surface area contributed by atoms with Crippen molar-refractivity contribution >= 4 is 0 Å². The Morgan fingerprint density at radius 2 is 1.47 bits per heavy atom. The topological polar surface area (TPSA) is 12.0 Å². The maximum absolute atomic E-state index is 3.56. The second-order valence-corrected chi connectivity index (χ2v) is 7.25. The van der Waals surface area contributed by atoms with Crippen LogP contribution in [0.25, 0.3) is 0 Å². The Morgan fingerprint density at radius 3 is 1.87 bits per heavy atom. The first-order valence-electron chi connectivity index (χ1n) is 6.33. The predicted molar refractivity (Wildman–Crippen MR) is 70.2 cm³/mol. The minimum atomic E-state index is 0.433. The van der Waals surface area contributed by atoms with E-state index in [4.69, 9.17) is 0 Å². The van der Waals surface area contributed by atoms with E-state index in [1.54, 1.807) is 0 Å². The molecule has 0 heterocycles. The quantitative estimate of drug-likeness (QED) is 0.701. The summed E-state index contributed by atoms with van der Waals surface area (Å²) in [5.41, 5.74) is 0.900. The van der Waals surface area contributed by atoms with Crippen LogP contribution in [0.1, 0.15) is 61.3 Å². The van der Waals surface area contributed by atoms with Crippen molar-refractivity contribution in [2.24, 2.45) is 16.7 Å². The van der Waals surface area contributed by atoms with Crippen LogP contribution in [0.15, 0.2) is 0 Å². The molecule has 0 aromatic carbocycles. The van der Waals surface area contributed by atoms with Crippen molar-refractivity contribution in [3.8, 4) is 0 Å². The molecule has 0 aliphatic rings. The molecule has 0 bridgehead atoms. The van der Waals surface area contributed by atoms with Crippen LogP contribution in [0.5, 0.6) is 0 Å². The summed E-state index contributed by atoms with van der Waals surface area (Å²) in [6, 6.07) is 0. The molecule has 0 amide bonds. The summed E-state index contributed by atoms with van der Waals surface area (Å²) < 4.78 is 0. The molecule has 15 heavy (non-hydrogen) atoms. The van der Waals surface area contributed by atoms with E-state index in [2.05, 4.69) is 53.8 Å². The highest BCUT2D eigenvalue weighted by molar-refractivity contribution is 4.75. The summed E-state index contributed by atoms with van der Waals surface area (Å²) in [7, 11) is 0. The Kier molecular flexibility index (Phi) is 5.87. The summed E-state index contributed by atoms with van der Waals surface area (Å²) in [5.74, 6) is 0.753. The highest BCUT2D eigenvalue weighted by atomic mass is 14.9. The third kappa shape index (κ3) is 10.2. The minimum absolute atomic E-state index is 0.433. The summed E-state index contributed by atoms with van der Waals surface area (Å²) in [4.78, 5) is 0. The number of hydrogen-bond donors (Lipinski definition) is 1. The molecule has 0 aliphatic carbocycles. The zero-order valence-corrected chi connectivity index (χ0v) is 11.9. The van der Waals surface area contributed by atoms with Crippen molar-refractivity contribution in [3.05, 3.63) is 0 Å². The van der Waals surface area contributed by atoms with Gasteiger partial charge in [0.1, 0.15) is 0 Å². The molecular formula is C14H31N. The van der Waals surface area contributed by atoms with E-state index in [-0.39, 0.29) is 0 Å². The molecule has 0 aromatic heterocycles. The van der Waals surface area contributed by atoms with Crippen molar-refractivity contribution in [2.45, 2.75) is 61.3 Å². The fourth-order valence-corrected chi connectivity index (χ4v) is 1.50. The van der Waals surface area contributed by atoms with Gasteiger partial charge in [-0.1, -0.05) is 48.5 Å². The molecule has 0 atom stereocenters. The Morgan fingerprint density at radius 1 is 0.933 bits per heavy atom. The van der Waals surface area contributed by atoms with Gasteiger partial charge in [-0.3, -0.25) is 0 Å². The van der Waals surface area contributed by atoms with Crippen molar-refractivity contribution in [3.63, 3.8) is 0 Å². The third-order valence-corrected chi connectivity index (χ3v) is 2.71. The summed E-state index contributed by atoms with van der Waals surface area (Å²) in [5, 5.41) is 3.56. The lowest BCUT2D eigenvalue weighted by Gasteiger charge is -2.29. The summed E-state index contributed by atoms with van der Waals surface area (Å²) >= 11 is 0. The van der Waals surface area contributed by atoms with Gasteiger partial charge in [0.15, 0.2) is 0 Å². The second kappa shape index (κ2) is 5.89. The van der Waals surface area contributed by atoms with Crippen LogP contribution < -0.4 is 5.32 Å². The molecule has 0 aromatic rings. The first-order chi connectivity index (χ1) is 6.62. The predicted octanol–water partition coefficient (Wildman–Crippen LogP) is 4.08. The van der Waals surface area contributed by atoms with Gasteiger partial charge in [0.05, 0.1) is 0 Å². The molecule has 0 aliphatic heterocycles. The molecule has 92 valence electrons. The molecule has 1 nitrogen and oxygen atoms in total. The largest absolute Gasteiger partial charge is 0.316 e. The highest BCUT2D eigenvalue weighted by Gasteiger charge is 2.21. The minimum Gasteiger partial charge on any atom is -0.316 e. The van der Waals surface area contributed by atoms with Gasteiger partial charge in [-0.25, -0.2) is 0 Å². The van der Waals surface area contributed by atoms with Gasteiger partial charge < -0.3 is 5.32 Å². The van der Waals surface area contributed by atoms with Crippen molar-refractivity contribution < 1.29 is 0 Å². The zero-order chi connectivity index (χ0) is 12.1. The summed E-state index contributed by atoms with van der Waals surface area (Å²) in [6.07, 6.45) is 2.62. The van der Waals surface area contributed by atoms with E-state index in [0.717, 1.165) is 19.0 Å². The molecule has 0 rings (SSSR count). The fraction of sp³-hybridized carbons (Fsp3) is 1.00. The molecule has 0 saturated heterocycles. The molecular weight excluding hydrogens is 182 g/mol. The van der Waals surface area contributed by atoms with Crippen molar-refractivity contribution in [1.82, 2.24) is 5.32 Å². The van der Waals surface area contributed by atoms with Gasteiger partial charge in [-0.05, 0) is 36.1 Å². The van der Waals surface area contributed by atoms with Crippen LogP contribution >= 0.6 is 0 Å². The van der Waals surface area contributed by atoms with E-state index in [0.29, 0.717) is 10.8 Å². The first kappa shape index (κ1) is 15.0. The lowest BCUT2D eigenvalue weighted by Crippen LogP contribution is -2.32. The van der Waals surface area contributed by atoms with Gasteiger partial charge in [0.25, 0.3) is 0 Å². The van der Waals surface area contributed by atoms with E-state index < -0.39 is 0 Å². The monoisotopic (exact) mass is 213 g/mol. The average Bonchev–Trinajstić information content (AvgIpc) is 1.99. The molecule has 0 spiro atoms. The van der Waals surface area contributed by atoms with Crippen LogP contribution in [-0.2, 0) is 0 Å². The second-order valence-electron chi connectivity index (χ2n) is 7.25. The Hall–Kier alpha value is -0.0400. The molecule has 0 saturated carbocycles. The van der Waals surface area contributed by atoms with Crippen LogP contribution in [0.2, 0.25) is 0 Å². The summed E-state index contributed by atoms with van der Waals surface area (Å²) in [6.45, 7) is 18.5. The zero-order valence-electron chi connectivity index (χ0n) is 11.9. The molecule has 0 unspecified atom stereocenters. The van der Waals surface area contributed by atoms with E-state index in [1.807, 2.05) is 0 Å². The molecule has 1 N–H and O–H groups in total. The van der Waals surface area contributed by atoms with Crippen LogP contribution in [0.3, 0.4) is 0 Å². The van der Waals surface area contributed by atoms with Crippen LogP contribution in [0.4, 0.5) is 0 Å².